The highest BCUT2D eigenvalue weighted by Crippen LogP contribution is 2.48. The smallest absolute Gasteiger partial charge is 0.328 e. The summed E-state index contributed by atoms with van der Waals surface area (Å²) in [7, 11) is -0.439. The van der Waals surface area contributed by atoms with Gasteiger partial charge in [-0.1, -0.05) is 23.9 Å². The molecule has 0 radical (unpaired) electrons. The van der Waals surface area contributed by atoms with Crippen molar-refractivity contribution in [2.75, 3.05) is 65.2 Å². The Morgan fingerprint density at radius 1 is 0.974 bits per heavy atom. The molecule has 2 aromatic carbocycles. The minimum absolute atomic E-state index is 0.289. The summed E-state index contributed by atoms with van der Waals surface area (Å²) in [5, 5.41) is 15.6. The number of nitrogens with zero attached hydrogens (tertiary/aromatic N) is 4. The zero-order valence-electron chi connectivity index (χ0n) is 24.3. The molecule has 2 aliphatic rings. The Bertz CT molecular complexity index is 1360. The summed E-state index contributed by atoms with van der Waals surface area (Å²) in [6, 6.07) is 13.5. The second kappa shape index (κ2) is 13.3. The van der Waals surface area contributed by atoms with Gasteiger partial charge in [-0.3, -0.25) is 0 Å². The summed E-state index contributed by atoms with van der Waals surface area (Å²) in [6.07, 6.45) is 2.00. The highest BCUT2D eigenvalue weighted by atomic mass is 32.2. The van der Waals surface area contributed by atoms with Crippen LogP contribution in [0.4, 0.5) is 11.4 Å². The van der Waals surface area contributed by atoms with E-state index in [1.165, 1.54) is 4.31 Å². The molecule has 0 spiro atoms. The molecule has 12 heteroatoms. The number of carboxylic acids is 2. The minimum atomic E-state index is -3.53. The molecule has 206 valence electrons. The van der Waals surface area contributed by atoms with Gasteiger partial charge in [0.05, 0.1) is 16.3 Å². The molecule has 4 rings (SSSR count). The first-order chi connectivity index (χ1) is 19.2. The molecule has 0 saturated carbocycles. The predicted octanol–water partition coefficient (Wildman–Crippen LogP) is 2.89. The van der Waals surface area contributed by atoms with E-state index < -0.39 is 28.9 Å². The van der Waals surface area contributed by atoms with Crippen molar-refractivity contribution in [2.45, 2.75) is 21.1 Å². The van der Waals surface area contributed by atoms with Crippen molar-refractivity contribution >= 4 is 45.1 Å². The molecular formula is C26H34N4O6S2. The molecule has 2 aliphatic heterocycles. The first-order valence-corrected chi connectivity index (χ1v) is 14.2. The molecule has 1 fully saturated rings. The topological polar surface area (TPSA) is 122 Å². The number of rotatable bonds is 8. The third-order valence-electron chi connectivity index (χ3n) is 5.97. The molecule has 2 aromatic rings. The fraction of sp³-hybridized carbons (Fsp3) is 0.385. The molecule has 0 bridgehead atoms. The van der Waals surface area contributed by atoms with Crippen LogP contribution in [-0.4, -0.2) is 105 Å². The van der Waals surface area contributed by atoms with Crippen LogP contribution in [0, 0.1) is 0 Å². The molecule has 1 saturated heterocycles. The van der Waals surface area contributed by atoms with Crippen molar-refractivity contribution in [1.82, 2.24) is 14.1 Å². The number of carboxylic acid groups (broad SMARTS) is 2. The molecule has 2 N–H and O–H groups in total. The Balaban J connectivity index is 0.000000507. The lowest BCUT2D eigenvalue weighted by atomic mass is 10.2. The number of anilines is 2. The predicted molar refractivity (Wildman–Crippen MR) is 148 cm³/mol. The van der Waals surface area contributed by atoms with E-state index in [-0.39, 0.29) is 4.90 Å². The minimum Gasteiger partial charge on any atom is -0.478 e. The molecule has 0 atom stereocenters. The van der Waals surface area contributed by atoms with Gasteiger partial charge in [-0.25, -0.2) is 22.3 Å². The van der Waals surface area contributed by atoms with E-state index >= 15 is 0 Å². The average Bonchev–Trinajstić information content (AvgIpc) is 2.91. The van der Waals surface area contributed by atoms with Crippen molar-refractivity contribution in [2.24, 2.45) is 0 Å². The number of piperazine rings is 1. The van der Waals surface area contributed by atoms with Crippen LogP contribution in [0.1, 0.15) is 10.5 Å². The van der Waals surface area contributed by atoms with E-state index in [2.05, 4.69) is 21.9 Å². The van der Waals surface area contributed by atoms with Crippen LogP contribution in [-0.2, 0) is 19.6 Å². The highest BCUT2D eigenvalue weighted by molar-refractivity contribution is 7.99. The fourth-order valence-corrected chi connectivity index (χ4v) is 5.99. The van der Waals surface area contributed by atoms with Crippen LogP contribution in [0.3, 0.4) is 0 Å². The van der Waals surface area contributed by atoms with E-state index in [9.17, 15) is 18.0 Å². The van der Waals surface area contributed by atoms with Crippen LogP contribution in [0.5, 0.6) is 0 Å². The summed E-state index contributed by atoms with van der Waals surface area (Å²) in [4.78, 5) is 27.7. The maximum Gasteiger partial charge on any atom is 0.328 e. The van der Waals surface area contributed by atoms with Crippen LogP contribution in [0.25, 0.3) is 0 Å². The van der Waals surface area contributed by atoms with Gasteiger partial charge >= 0.3 is 11.9 Å². The number of fused-ring (bicyclic) bond motifs is 2. The number of sulfonamides is 1. The maximum atomic E-state index is 12.7. The van der Waals surface area contributed by atoms with Crippen molar-refractivity contribution in [3.63, 3.8) is 0 Å². The number of hydrogen-bond donors (Lipinski definition) is 2. The first-order valence-electron chi connectivity index (χ1n) is 13.4. The van der Waals surface area contributed by atoms with Crippen molar-refractivity contribution < 1.29 is 32.3 Å². The van der Waals surface area contributed by atoms with Gasteiger partial charge in [-0.2, -0.15) is 0 Å². The van der Waals surface area contributed by atoms with E-state index in [0.717, 1.165) is 53.8 Å². The normalized spacial score (nSPS) is 17.6. The van der Waals surface area contributed by atoms with Crippen LogP contribution >= 0.6 is 11.8 Å². The SMILES string of the molecule is O=C(O)/C=C/C(=O)O.[2H]C([2H])([2H])N1CCN(CCCN2c3ccccc3Sc3ccc(S(=O)(=O)N(C)C)cc32)CC1. The van der Waals surface area contributed by atoms with Crippen molar-refractivity contribution in [3.8, 4) is 0 Å². The third-order valence-corrected chi connectivity index (χ3v) is 8.91. The van der Waals surface area contributed by atoms with E-state index in [1.807, 2.05) is 18.2 Å². The van der Waals surface area contributed by atoms with Crippen LogP contribution in [0.15, 0.2) is 69.3 Å². The van der Waals surface area contributed by atoms with Gasteiger partial charge < -0.3 is 24.9 Å². The molecule has 10 nitrogen and oxygen atoms in total. The molecule has 0 amide bonds. The quantitative estimate of drug-likeness (QED) is 0.462. The fourth-order valence-electron chi connectivity index (χ4n) is 3.99. The number of carbonyl (C=O) groups is 2. The van der Waals surface area contributed by atoms with E-state index in [0.29, 0.717) is 25.2 Å². The van der Waals surface area contributed by atoms with E-state index in [1.54, 1.807) is 42.9 Å². The zero-order valence-corrected chi connectivity index (χ0v) is 22.9. The van der Waals surface area contributed by atoms with Gasteiger partial charge in [-0.05, 0) is 50.3 Å². The largest absolute Gasteiger partial charge is 0.478 e. The molecule has 2 heterocycles. The van der Waals surface area contributed by atoms with Gasteiger partial charge in [0, 0.05) is 72.9 Å². The summed E-state index contributed by atoms with van der Waals surface area (Å²) >= 11 is 1.66. The highest BCUT2D eigenvalue weighted by Gasteiger charge is 2.26. The standard InChI is InChI=1S/C22H30N4O2S2.C4H4O4/c1-23(2)30(27,28)18-9-10-22-20(17-18)26(19-7-4-5-8-21(19)29-22)12-6-11-25-15-13-24(3)14-16-25;5-3(6)1-2-4(7)8/h4-5,7-10,17H,6,11-16H2,1-3H3;1-2H,(H,5,6)(H,7,8)/b;2-1+/i3D3;. The second-order valence-corrected chi connectivity index (χ2v) is 12.1. The Morgan fingerprint density at radius 2 is 1.61 bits per heavy atom. The summed E-state index contributed by atoms with van der Waals surface area (Å²) in [5.41, 5.74) is 2.00. The number of benzene rings is 2. The Kier molecular flexibility index (Phi) is 8.85. The molecular weight excluding hydrogens is 528 g/mol. The van der Waals surface area contributed by atoms with Crippen molar-refractivity contribution in [1.29, 1.82) is 0 Å². The number of para-hydroxylation sites is 1. The Morgan fingerprint density at radius 3 is 2.21 bits per heavy atom. The summed E-state index contributed by atoms with van der Waals surface area (Å²) < 4.78 is 49.4. The zero-order chi connectivity index (χ0) is 30.4. The van der Waals surface area contributed by atoms with Crippen LogP contribution in [0.2, 0.25) is 0 Å². The summed E-state index contributed by atoms with van der Waals surface area (Å²) in [5.74, 6) is -2.51. The summed E-state index contributed by atoms with van der Waals surface area (Å²) in [6.45, 7) is 2.18. The Hall–Kier alpha value is -2.90. The Labute approximate surface area is 232 Å². The molecule has 0 aliphatic carbocycles. The van der Waals surface area contributed by atoms with Gasteiger partial charge in [0.1, 0.15) is 0 Å². The maximum absolute atomic E-state index is 12.7. The molecule has 38 heavy (non-hydrogen) atoms. The second-order valence-electron chi connectivity index (χ2n) is 8.83. The van der Waals surface area contributed by atoms with Gasteiger partial charge in [0.25, 0.3) is 0 Å². The lowest BCUT2D eigenvalue weighted by molar-refractivity contribution is -0.134. The lowest BCUT2D eigenvalue weighted by Gasteiger charge is -2.35. The lowest BCUT2D eigenvalue weighted by Crippen LogP contribution is -2.45. The number of likely N-dealkylation sites (N-methyl/N-ethyl adjacent to an activating group) is 1. The number of aliphatic carboxylic acids is 2. The van der Waals surface area contributed by atoms with Gasteiger partial charge in [0.2, 0.25) is 10.0 Å². The average molecular weight is 566 g/mol. The van der Waals surface area contributed by atoms with Crippen molar-refractivity contribution in [3.05, 3.63) is 54.6 Å². The number of hydrogen-bond acceptors (Lipinski definition) is 8. The third kappa shape index (κ3) is 7.81. The van der Waals surface area contributed by atoms with Gasteiger partial charge in [-0.15, -0.1) is 0 Å². The molecule has 0 aromatic heterocycles. The monoisotopic (exact) mass is 565 g/mol. The van der Waals surface area contributed by atoms with Crippen LogP contribution < -0.4 is 4.90 Å². The van der Waals surface area contributed by atoms with Gasteiger partial charge in [0.15, 0.2) is 0 Å². The molecule has 0 unspecified atom stereocenters. The van der Waals surface area contributed by atoms with E-state index in [4.69, 9.17) is 14.3 Å². The first kappa shape index (κ1) is 25.4.